The van der Waals surface area contributed by atoms with Crippen molar-refractivity contribution in [3.63, 3.8) is 0 Å². The van der Waals surface area contributed by atoms with Gasteiger partial charge in [-0.1, -0.05) is 0 Å². The molecule has 6 heteroatoms. The first-order chi connectivity index (χ1) is 7.36. The number of rotatable bonds is 3. The number of hydrogen-bond acceptors (Lipinski definition) is 2. The third-order valence-corrected chi connectivity index (χ3v) is 3.13. The highest BCUT2D eigenvalue weighted by Crippen LogP contribution is 2.38. The molecule has 0 amide bonds. The molecule has 16 heavy (non-hydrogen) atoms. The summed E-state index contributed by atoms with van der Waals surface area (Å²) in [6, 6.07) is 0. The molecule has 3 nitrogen and oxygen atoms in total. The lowest BCUT2D eigenvalue weighted by atomic mass is 9.79. The number of carbonyl (C=O) groups is 1. The summed E-state index contributed by atoms with van der Waals surface area (Å²) in [5.74, 6) is -2.03. The molecule has 0 bridgehead atoms. The Morgan fingerprint density at radius 2 is 1.81 bits per heavy atom. The van der Waals surface area contributed by atoms with Crippen LogP contribution in [0, 0.1) is 11.8 Å². The molecule has 1 saturated carbocycles. The van der Waals surface area contributed by atoms with Crippen LogP contribution in [0.15, 0.2) is 0 Å². The largest absolute Gasteiger partial charge is 0.481 e. The molecule has 0 radical (unpaired) electrons. The second-order valence-electron chi connectivity index (χ2n) is 4.15. The highest BCUT2D eigenvalue weighted by Gasteiger charge is 2.46. The predicted molar refractivity (Wildman–Crippen MR) is 49.9 cm³/mol. The maximum Gasteiger partial charge on any atom is 0.414 e. The molecule has 1 aliphatic carbocycles. The Balaban J connectivity index is 2.55. The Morgan fingerprint density at radius 1 is 1.31 bits per heavy atom. The molecule has 1 N–H and O–H groups in total. The first-order valence-electron chi connectivity index (χ1n) is 5.18. The molecular weight excluding hydrogens is 225 g/mol. The van der Waals surface area contributed by atoms with Crippen molar-refractivity contribution in [3.8, 4) is 0 Å². The molecule has 0 saturated heterocycles. The number of ether oxygens (including phenoxy) is 1. The maximum atomic E-state index is 12.5. The van der Waals surface area contributed by atoms with Crippen LogP contribution in [0.2, 0.25) is 0 Å². The van der Waals surface area contributed by atoms with Crippen LogP contribution in [0.5, 0.6) is 0 Å². The lowest BCUT2D eigenvalue weighted by Gasteiger charge is -2.32. The van der Waals surface area contributed by atoms with E-state index in [0.717, 1.165) is 7.11 Å². The van der Waals surface area contributed by atoms with Crippen LogP contribution in [-0.4, -0.2) is 30.5 Å². The van der Waals surface area contributed by atoms with Gasteiger partial charge in [-0.15, -0.1) is 0 Å². The van der Waals surface area contributed by atoms with Crippen molar-refractivity contribution in [1.29, 1.82) is 0 Å². The van der Waals surface area contributed by atoms with Crippen molar-refractivity contribution < 1.29 is 27.8 Å². The lowest BCUT2D eigenvalue weighted by molar-refractivity contribution is -0.231. The first kappa shape index (κ1) is 13.3. The van der Waals surface area contributed by atoms with E-state index in [1.54, 1.807) is 0 Å². The molecule has 1 fully saturated rings. The average Bonchev–Trinajstić information content (AvgIpc) is 2.17. The van der Waals surface area contributed by atoms with Crippen molar-refractivity contribution in [2.45, 2.75) is 38.0 Å². The van der Waals surface area contributed by atoms with Gasteiger partial charge in [-0.2, -0.15) is 13.2 Å². The van der Waals surface area contributed by atoms with E-state index in [-0.39, 0.29) is 12.8 Å². The van der Waals surface area contributed by atoms with Crippen LogP contribution in [0.25, 0.3) is 0 Å². The van der Waals surface area contributed by atoms with E-state index in [4.69, 9.17) is 5.11 Å². The number of aliphatic carboxylic acids is 1. The van der Waals surface area contributed by atoms with Gasteiger partial charge in [-0.3, -0.25) is 4.79 Å². The Kier molecular flexibility index (Phi) is 4.18. The number of halogens is 3. The third kappa shape index (κ3) is 3.10. The molecule has 0 aliphatic heterocycles. The van der Waals surface area contributed by atoms with E-state index in [1.165, 1.54) is 0 Å². The van der Waals surface area contributed by atoms with Gasteiger partial charge >= 0.3 is 12.1 Å². The zero-order valence-electron chi connectivity index (χ0n) is 8.96. The second-order valence-corrected chi connectivity index (χ2v) is 4.15. The first-order valence-corrected chi connectivity index (χ1v) is 5.18. The van der Waals surface area contributed by atoms with Crippen molar-refractivity contribution in [1.82, 2.24) is 0 Å². The van der Waals surface area contributed by atoms with E-state index in [1.807, 2.05) is 0 Å². The molecule has 0 aromatic rings. The SMILES string of the molecule is COC(C1CCC(C(=O)O)CC1)C(F)(F)F. The Morgan fingerprint density at radius 3 is 2.12 bits per heavy atom. The van der Waals surface area contributed by atoms with Gasteiger partial charge in [0.1, 0.15) is 0 Å². The van der Waals surface area contributed by atoms with Gasteiger partial charge in [0.25, 0.3) is 0 Å². The average molecular weight is 240 g/mol. The van der Waals surface area contributed by atoms with E-state index < -0.39 is 30.1 Å². The van der Waals surface area contributed by atoms with Gasteiger partial charge in [0.2, 0.25) is 0 Å². The molecule has 1 aliphatic rings. The molecule has 0 aromatic carbocycles. The van der Waals surface area contributed by atoms with Gasteiger partial charge in [-0.25, -0.2) is 0 Å². The van der Waals surface area contributed by atoms with Gasteiger partial charge in [-0.05, 0) is 31.6 Å². The second kappa shape index (κ2) is 5.03. The van der Waals surface area contributed by atoms with E-state index in [0.29, 0.717) is 12.8 Å². The Labute approximate surface area is 91.6 Å². The highest BCUT2D eigenvalue weighted by molar-refractivity contribution is 5.69. The van der Waals surface area contributed by atoms with Crippen molar-refractivity contribution >= 4 is 5.97 Å². The smallest absolute Gasteiger partial charge is 0.414 e. The minimum absolute atomic E-state index is 0.259. The fourth-order valence-corrected chi connectivity index (χ4v) is 2.26. The topological polar surface area (TPSA) is 46.5 Å². The van der Waals surface area contributed by atoms with Crippen molar-refractivity contribution in [3.05, 3.63) is 0 Å². The highest BCUT2D eigenvalue weighted by atomic mass is 19.4. The predicted octanol–water partition coefficient (Wildman–Crippen LogP) is 2.45. The summed E-state index contributed by atoms with van der Waals surface area (Å²) in [6.07, 6.45) is -5.01. The Hall–Kier alpha value is -0.780. The molecule has 0 spiro atoms. The van der Waals surface area contributed by atoms with Crippen LogP contribution in [0.3, 0.4) is 0 Å². The minimum atomic E-state index is -4.37. The van der Waals surface area contributed by atoms with E-state index in [2.05, 4.69) is 4.74 Å². The zero-order chi connectivity index (χ0) is 12.3. The molecule has 1 rings (SSSR count). The minimum Gasteiger partial charge on any atom is -0.481 e. The van der Waals surface area contributed by atoms with Gasteiger partial charge in [0.15, 0.2) is 6.10 Å². The summed E-state index contributed by atoms with van der Waals surface area (Å²) in [5, 5.41) is 8.73. The number of methoxy groups -OCH3 is 1. The monoisotopic (exact) mass is 240 g/mol. The van der Waals surface area contributed by atoms with Gasteiger partial charge in [0.05, 0.1) is 5.92 Å². The summed E-state index contributed by atoms with van der Waals surface area (Å²) in [7, 11) is 1.04. The van der Waals surface area contributed by atoms with Crippen molar-refractivity contribution in [2.75, 3.05) is 7.11 Å². The number of carboxylic acid groups (broad SMARTS) is 1. The van der Waals surface area contributed by atoms with Gasteiger partial charge in [0, 0.05) is 7.11 Å². The van der Waals surface area contributed by atoms with Crippen LogP contribution in [0.1, 0.15) is 25.7 Å². The molecule has 94 valence electrons. The summed E-state index contributed by atoms with van der Waals surface area (Å²) >= 11 is 0. The molecule has 0 aromatic heterocycles. The van der Waals surface area contributed by atoms with E-state index in [9.17, 15) is 18.0 Å². The zero-order valence-corrected chi connectivity index (χ0v) is 8.96. The molecule has 1 atom stereocenters. The summed E-state index contributed by atoms with van der Waals surface area (Å²) in [4.78, 5) is 10.6. The van der Waals surface area contributed by atoms with Crippen LogP contribution >= 0.6 is 0 Å². The van der Waals surface area contributed by atoms with Crippen LogP contribution in [0.4, 0.5) is 13.2 Å². The maximum absolute atomic E-state index is 12.5. The van der Waals surface area contributed by atoms with Gasteiger partial charge < -0.3 is 9.84 Å². The van der Waals surface area contributed by atoms with Crippen molar-refractivity contribution in [2.24, 2.45) is 11.8 Å². The summed E-state index contributed by atoms with van der Waals surface area (Å²) in [6.45, 7) is 0. The number of hydrogen-bond donors (Lipinski definition) is 1. The molecule has 0 heterocycles. The number of carboxylic acids is 1. The normalized spacial score (nSPS) is 28.8. The molecular formula is C10H15F3O3. The summed E-state index contributed by atoms with van der Waals surface area (Å²) in [5.41, 5.74) is 0. The third-order valence-electron chi connectivity index (χ3n) is 3.13. The fourth-order valence-electron chi connectivity index (χ4n) is 2.26. The Bertz CT molecular complexity index is 244. The molecule has 1 unspecified atom stereocenters. The number of alkyl halides is 3. The standard InChI is InChI=1S/C10H15F3O3/c1-16-8(10(11,12)13)6-2-4-7(5-3-6)9(14)15/h6-8H,2-5H2,1H3,(H,14,15). The van der Waals surface area contributed by atoms with Crippen LogP contribution < -0.4 is 0 Å². The quantitative estimate of drug-likeness (QED) is 0.824. The fraction of sp³-hybridized carbons (Fsp3) is 0.900. The van der Waals surface area contributed by atoms with Crippen LogP contribution in [-0.2, 0) is 9.53 Å². The lowest BCUT2D eigenvalue weighted by Crippen LogP contribution is -2.40. The van der Waals surface area contributed by atoms with E-state index >= 15 is 0 Å². The summed E-state index contributed by atoms with van der Waals surface area (Å²) < 4.78 is 42.0.